The molecule has 2 heterocycles. The van der Waals surface area contributed by atoms with Gasteiger partial charge in [0.2, 0.25) is 6.41 Å². The van der Waals surface area contributed by atoms with Crippen molar-refractivity contribution in [1.29, 1.82) is 5.26 Å². The second-order valence-corrected chi connectivity index (χ2v) is 3.76. The van der Waals surface area contributed by atoms with Crippen LogP contribution in [0.2, 0.25) is 0 Å². The lowest BCUT2D eigenvalue weighted by molar-refractivity contribution is -0.109. The first-order chi connectivity index (χ1) is 8.85. The molecule has 0 radical (unpaired) electrons. The van der Waals surface area contributed by atoms with Crippen molar-refractivity contribution in [3.8, 4) is 6.07 Å². The Hall–Kier alpha value is -2.55. The van der Waals surface area contributed by atoms with Crippen molar-refractivity contribution in [3.05, 3.63) is 30.4 Å². The second-order valence-electron chi connectivity index (χ2n) is 3.76. The molecule has 1 N–H and O–H groups in total. The largest absolute Gasteiger partial charge is 0.343 e. The number of hydrogen-bond donors (Lipinski definition) is 1. The molecule has 2 rings (SSSR count). The van der Waals surface area contributed by atoms with Crippen LogP contribution in [0.4, 0.5) is 0 Å². The smallest absolute Gasteiger partial charge is 0.208 e. The molecule has 0 spiro atoms. The molecule has 0 aliphatic heterocycles. The lowest BCUT2D eigenvalue weighted by atomic mass is 10.1. The van der Waals surface area contributed by atoms with E-state index in [9.17, 15) is 4.79 Å². The topological polar surface area (TPSA) is 91.6 Å². The van der Waals surface area contributed by atoms with Crippen LogP contribution in [0, 0.1) is 11.3 Å². The van der Waals surface area contributed by atoms with E-state index in [2.05, 4.69) is 20.5 Å². The Morgan fingerprint density at radius 1 is 1.50 bits per heavy atom. The summed E-state index contributed by atoms with van der Waals surface area (Å²) < 4.78 is 0. The fourth-order valence-electron chi connectivity index (χ4n) is 1.72. The van der Waals surface area contributed by atoms with Crippen LogP contribution in [0.1, 0.15) is 12.1 Å². The molecule has 6 nitrogen and oxygen atoms in total. The molecule has 2 aromatic rings. The van der Waals surface area contributed by atoms with Gasteiger partial charge < -0.3 is 5.32 Å². The summed E-state index contributed by atoms with van der Waals surface area (Å²) in [6, 6.07) is 3.39. The van der Waals surface area contributed by atoms with E-state index in [1.54, 1.807) is 18.6 Å². The molecule has 6 heteroatoms. The van der Waals surface area contributed by atoms with Gasteiger partial charge in [-0.3, -0.25) is 9.78 Å². The molecule has 0 fully saturated rings. The fraction of sp³-hybridized carbons (Fsp3) is 0.250. The lowest BCUT2D eigenvalue weighted by Gasteiger charge is -2.07. The number of fused-ring (bicyclic) bond motifs is 1. The summed E-state index contributed by atoms with van der Waals surface area (Å²) in [6.45, 7) is 0. The predicted octanol–water partition coefficient (Wildman–Crippen LogP) is 0.596. The average Bonchev–Trinajstić information content (AvgIpc) is 2.43. The third-order valence-corrected chi connectivity index (χ3v) is 2.63. The van der Waals surface area contributed by atoms with Crippen LogP contribution in [0.15, 0.2) is 24.7 Å². The molecule has 1 unspecified atom stereocenters. The van der Waals surface area contributed by atoms with E-state index in [1.807, 2.05) is 12.1 Å². The highest BCUT2D eigenvalue weighted by atomic mass is 16.1. The predicted molar refractivity (Wildman–Crippen MR) is 64.3 cm³/mol. The van der Waals surface area contributed by atoms with Gasteiger partial charge in [-0.2, -0.15) is 15.5 Å². The van der Waals surface area contributed by atoms with Crippen molar-refractivity contribution in [2.45, 2.75) is 18.9 Å². The Morgan fingerprint density at radius 3 is 3.17 bits per heavy atom. The minimum absolute atomic E-state index is 0.499. The zero-order valence-corrected chi connectivity index (χ0v) is 9.58. The highest BCUT2D eigenvalue weighted by molar-refractivity contribution is 5.82. The highest BCUT2D eigenvalue weighted by Gasteiger charge is 2.09. The van der Waals surface area contributed by atoms with Crippen LogP contribution < -0.4 is 5.32 Å². The molecule has 0 aliphatic carbocycles. The summed E-state index contributed by atoms with van der Waals surface area (Å²) in [5.74, 6) is 0. The number of carbonyl (C=O) groups excluding carboxylic acids is 1. The molecule has 90 valence electrons. The van der Waals surface area contributed by atoms with Gasteiger partial charge in [0.25, 0.3) is 0 Å². The lowest BCUT2D eigenvalue weighted by Crippen LogP contribution is -2.26. The van der Waals surface area contributed by atoms with Crippen molar-refractivity contribution in [2.75, 3.05) is 0 Å². The molecule has 1 atom stereocenters. The SMILES string of the molecule is N#CC(CCc1nncc2cnccc12)NC=O. The van der Waals surface area contributed by atoms with E-state index < -0.39 is 6.04 Å². The molecular formula is C12H11N5O. The first-order valence-electron chi connectivity index (χ1n) is 5.48. The first-order valence-corrected chi connectivity index (χ1v) is 5.48. The normalized spacial score (nSPS) is 11.7. The highest BCUT2D eigenvalue weighted by Crippen LogP contribution is 2.15. The summed E-state index contributed by atoms with van der Waals surface area (Å²) in [4.78, 5) is 14.3. The molecule has 0 aromatic carbocycles. The van der Waals surface area contributed by atoms with E-state index in [4.69, 9.17) is 5.26 Å². The molecule has 0 saturated carbocycles. The van der Waals surface area contributed by atoms with Gasteiger partial charge in [0.1, 0.15) is 6.04 Å². The van der Waals surface area contributed by atoms with Crippen LogP contribution >= 0.6 is 0 Å². The van der Waals surface area contributed by atoms with Gasteiger partial charge >= 0.3 is 0 Å². The Balaban J connectivity index is 2.17. The van der Waals surface area contributed by atoms with E-state index in [0.717, 1.165) is 16.5 Å². The molecule has 0 aliphatic rings. The van der Waals surface area contributed by atoms with Gasteiger partial charge in [0.15, 0.2) is 0 Å². The van der Waals surface area contributed by atoms with Crippen LogP contribution in [0.3, 0.4) is 0 Å². The minimum Gasteiger partial charge on any atom is -0.343 e. The van der Waals surface area contributed by atoms with Crippen LogP contribution in [-0.2, 0) is 11.2 Å². The first kappa shape index (κ1) is 11.9. The minimum atomic E-state index is -0.499. The molecule has 0 saturated heterocycles. The molecule has 0 bridgehead atoms. The van der Waals surface area contributed by atoms with Crippen molar-refractivity contribution in [3.63, 3.8) is 0 Å². The molecular weight excluding hydrogens is 230 g/mol. The fourth-order valence-corrected chi connectivity index (χ4v) is 1.72. The number of aryl methyl sites for hydroxylation is 1. The summed E-state index contributed by atoms with van der Waals surface area (Å²) >= 11 is 0. The number of nitrogens with one attached hydrogen (secondary N) is 1. The molecule has 18 heavy (non-hydrogen) atoms. The number of amides is 1. The van der Waals surface area contributed by atoms with Crippen LogP contribution in [0.5, 0.6) is 0 Å². The number of nitriles is 1. The van der Waals surface area contributed by atoms with E-state index in [-0.39, 0.29) is 0 Å². The number of carbonyl (C=O) groups is 1. The Labute approximate surface area is 104 Å². The molecule has 1 amide bonds. The van der Waals surface area contributed by atoms with Crippen molar-refractivity contribution >= 4 is 17.2 Å². The van der Waals surface area contributed by atoms with E-state index in [1.165, 1.54) is 0 Å². The Morgan fingerprint density at radius 2 is 2.39 bits per heavy atom. The third-order valence-electron chi connectivity index (χ3n) is 2.63. The Kier molecular flexibility index (Phi) is 3.76. The second kappa shape index (κ2) is 5.68. The Bertz CT molecular complexity index is 587. The van der Waals surface area contributed by atoms with E-state index in [0.29, 0.717) is 19.3 Å². The van der Waals surface area contributed by atoms with Gasteiger partial charge in [0, 0.05) is 23.2 Å². The zero-order valence-electron chi connectivity index (χ0n) is 9.58. The third kappa shape index (κ3) is 2.58. The average molecular weight is 241 g/mol. The van der Waals surface area contributed by atoms with Gasteiger partial charge in [-0.1, -0.05) is 0 Å². The van der Waals surface area contributed by atoms with Crippen LogP contribution in [-0.4, -0.2) is 27.6 Å². The monoisotopic (exact) mass is 241 g/mol. The van der Waals surface area contributed by atoms with Crippen molar-refractivity contribution in [2.24, 2.45) is 0 Å². The van der Waals surface area contributed by atoms with Gasteiger partial charge in [0.05, 0.1) is 18.0 Å². The number of aromatic nitrogens is 3. The quantitative estimate of drug-likeness (QED) is 0.774. The van der Waals surface area contributed by atoms with Crippen LogP contribution in [0.25, 0.3) is 10.8 Å². The number of hydrogen-bond acceptors (Lipinski definition) is 5. The van der Waals surface area contributed by atoms with Gasteiger partial charge in [-0.15, -0.1) is 0 Å². The number of nitrogens with zero attached hydrogens (tertiary/aromatic N) is 4. The maximum Gasteiger partial charge on any atom is 0.208 e. The van der Waals surface area contributed by atoms with Gasteiger partial charge in [-0.05, 0) is 18.9 Å². The summed E-state index contributed by atoms with van der Waals surface area (Å²) in [5.41, 5.74) is 0.808. The maximum atomic E-state index is 10.3. The number of rotatable bonds is 5. The van der Waals surface area contributed by atoms with Crippen molar-refractivity contribution in [1.82, 2.24) is 20.5 Å². The standard InChI is InChI=1S/C12H11N5O/c13-5-10(15-8-18)1-2-12-11-3-4-14-6-9(11)7-16-17-12/h3-4,6-8,10H,1-2H2,(H,15,18). The van der Waals surface area contributed by atoms with Gasteiger partial charge in [-0.25, -0.2) is 0 Å². The summed E-state index contributed by atoms with van der Waals surface area (Å²) in [6.07, 6.45) is 6.68. The summed E-state index contributed by atoms with van der Waals surface area (Å²) in [5, 5.41) is 21.1. The number of pyridine rings is 1. The van der Waals surface area contributed by atoms with Crippen molar-refractivity contribution < 1.29 is 4.79 Å². The summed E-state index contributed by atoms with van der Waals surface area (Å²) in [7, 11) is 0. The molecule has 2 aromatic heterocycles. The maximum absolute atomic E-state index is 10.3. The zero-order chi connectivity index (χ0) is 12.8. The van der Waals surface area contributed by atoms with E-state index >= 15 is 0 Å².